The number of halogens is 2. The molecule has 1 heterocycles. The maximum absolute atomic E-state index is 13.2. The molecule has 2 aromatic carbocycles. The predicted molar refractivity (Wildman–Crippen MR) is 99.4 cm³/mol. The van der Waals surface area contributed by atoms with Crippen LogP contribution in [-0.2, 0) is 6.54 Å². The molecule has 2 atom stereocenters. The Morgan fingerprint density at radius 3 is 2.41 bits per heavy atom. The summed E-state index contributed by atoms with van der Waals surface area (Å²) >= 11 is 0. The SMILES string of the molecule is OC(CNCc1ccnn1C1CC1(F)F)c1ccc(-c2ccccc2)cc1. The highest BCUT2D eigenvalue weighted by molar-refractivity contribution is 5.63. The second-order valence-electron chi connectivity index (χ2n) is 6.88. The Labute approximate surface area is 156 Å². The first-order valence-electron chi connectivity index (χ1n) is 8.99. The molecule has 0 bridgehead atoms. The Balaban J connectivity index is 1.32. The van der Waals surface area contributed by atoms with Crippen molar-refractivity contribution >= 4 is 0 Å². The summed E-state index contributed by atoms with van der Waals surface area (Å²) < 4.78 is 27.9. The van der Waals surface area contributed by atoms with Gasteiger partial charge in [0.05, 0.1) is 11.8 Å². The molecule has 1 saturated carbocycles. The number of nitrogens with zero attached hydrogens (tertiary/aromatic N) is 2. The molecule has 0 saturated heterocycles. The molecule has 0 spiro atoms. The molecule has 2 unspecified atom stereocenters. The molecule has 6 heteroatoms. The third-order valence-electron chi connectivity index (χ3n) is 4.89. The lowest BCUT2D eigenvalue weighted by Gasteiger charge is -2.14. The normalized spacial score (nSPS) is 19.0. The minimum atomic E-state index is -2.65. The molecule has 1 fully saturated rings. The van der Waals surface area contributed by atoms with Gasteiger partial charge in [0.2, 0.25) is 0 Å². The zero-order chi connectivity index (χ0) is 18.9. The lowest BCUT2D eigenvalue weighted by Crippen LogP contribution is -2.23. The topological polar surface area (TPSA) is 50.1 Å². The van der Waals surface area contributed by atoms with Gasteiger partial charge in [-0.25, -0.2) is 8.78 Å². The second-order valence-corrected chi connectivity index (χ2v) is 6.88. The number of hydrogen-bond acceptors (Lipinski definition) is 3. The van der Waals surface area contributed by atoms with Crippen LogP contribution in [0.4, 0.5) is 8.78 Å². The number of rotatable bonds is 7. The van der Waals surface area contributed by atoms with E-state index in [-0.39, 0.29) is 6.42 Å². The number of nitrogens with one attached hydrogen (secondary N) is 1. The van der Waals surface area contributed by atoms with Crippen LogP contribution in [0.25, 0.3) is 11.1 Å². The van der Waals surface area contributed by atoms with Crippen molar-refractivity contribution in [3.05, 3.63) is 78.1 Å². The van der Waals surface area contributed by atoms with Crippen LogP contribution >= 0.6 is 0 Å². The van der Waals surface area contributed by atoms with Crippen LogP contribution in [0, 0.1) is 0 Å². The smallest absolute Gasteiger partial charge is 0.272 e. The molecular weight excluding hydrogens is 348 g/mol. The maximum atomic E-state index is 13.2. The van der Waals surface area contributed by atoms with Crippen molar-refractivity contribution in [2.45, 2.75) is 31.0 Å². The number of aliphatic hydroxyl groups excluding tert-OH is 1. The van der Waals surface area contributed by atoms with Crippen LogP contribution in [0.5, 0.6) is 0 Å². The van der Waals surface area contributed by atoms with E-state index in [1.807, 2.05) is 54.6 Å². The van der Waals surface area contributed by atoms with Gasteiger partial charge in [0.1, 0.15) is 6.04 Å². The van der Waals surface area contributed by atoms with Gasteiger partial charge in [-0.05, 0) is 22.8 Å². The van der Waals surface area contributed by atoms with E-state index in [4.69, 9.17) is 0 Å². The summed E-state index contributed by atoms with van der Waals surface area (Å²) in [6.45, 7) is 0.711. The molecule has 4 nitrogen and oxygen atoms in total. The van der Waals surface area contributed by atoms with Crippen molar-refractivity contribution in [3.8, 4) is 11.1 Å². The van der Waals surface area contributed by atoms with Crippen molar-refractivity contribution in [1.29, 1.82) is 0 Å². The zero-order valence-electron chi connectivity index (χ0n) is 14.7. The highest BCUT2D eigenvalue weighted by Gasteiger charge is 2.59. The summed E-state index contributed by atoms with van der Waals surface area (Å²) in [6.07, 6.45) is 0.705. The van der Waals surface area contributed by atoms with Gasteiger partial charge in [-0.15, -0.1) is 0 Å². The molecule has 2 N–H and O–H groups in total. The average molecular weight is 369 g/mol. The summed E-state index contributed by atoms with van der Waals surface area (Å²) in [5, 5.41) is 17.5. The fourth-order valence-electron chi connectivity index (χ4n) is 3.21. The Hall–Kier alpha value is -2.57. The van der Waals surface area contributed by atoms with Gasteiger partial charge in [0, 0.05) is 25.7 Å². The highest BCUT2D eigenvalue weighted by atomic mass is 19.3. The zero-order valence-corrected chi connectivity index (χ0v) is 14.7. The summed E-state index contributed by atoms with van der Waals surface area (Å²) in [6, 6.07) is 18.7. The number of aromatic nitrogens is 2. The van der Waals surface area contributed by atoms with Crippen molar-refractivity contribution in [3.63, 3.8) is 0 Å². The molecule has 140 valence electrons. The van der Waals surface area contributed by atoms with Crippen LogP contribution in [0.1, 0.15) is 29.8 Å². The lowest BCUT2D eigenvalue weighted by atomic mass is 10.0. The van der Waals surface area contributed by atoms with Gasteiger partial charge in [0.15, 0.2) is 0 Å². The molecule has 1 aliphatic rings. The summed E-state index contributed by atoms with van der Waals surface area (Å²) in [5.74, 6) is -2.65. The molecule has 1 aliphatic carbocycles. The first-order chi connectivity index (χ1) is 13.0. The Morgan fingerprint density at radius 1 is 1.07 bits per heavy atom. The van der Waals surface area contributed by atoms with E-state index in [1.165, 1.54) is 10.9 Å². The van der Waals surface area contributed by atoms with Crippen LogP contribution in [0.2, 0.25) is 0 Å². The van der Waals surface area contributed by atoms with E-state index >= 15 is 0 Å². The summed E-state index contributed by atoms with van der Waals surface area (Å²) in [7, 11) is 0. The summed E-state index contributed by atoms with van der Waals surface area (Å²) in [5.41, 5.74) is 3.73. The largest absolute Gasteiger partial charge is 0.387 e. The first-order valence-corrected chi connectivity index (χ1v) is 8.99. The molecule has 1 aromatic heterocycles. The number of benzene rings is 2. The van der Waals surface area contributed by atoms with Gasteiger partial charge in [-0.2, -0.15) is 5.10 Å². The maximum Gasteiger partial charge on any atom is 0.272 e. The minimum absolute atomic E-state index is 0.155. The van der Waals surface area contributed by atoms with E-state index < -0.39 is 18.1 Å². The van der Waals surface area contributed by atoms with Gasteiger partial charge >= 0.3 is 0 Å². The summed E-state index contributed by atoms with van der Waals surface area (Å²) in [4.78, 5) is 0. The van der Waals surface area contributed by atoms with E-state index in [1.54, 1.807) is 6.07 Å². The predicted octanol–water partition coefficient (Wildman–Crippen LogP) is 3.95. The van der Waals surface area contributed by atoms with Gasteiger partial charge in [-0.3, -0.25) is 4.68 Å². The standard InChI is InChI=1S/C21H21F2N3O/c22-21(23)12-20(21)26-18(10-11-25-26)13-24-14-19(27)17-8-6-16(7-9-17)15-4-2-1-3-5-15/h1-11,19-20,24,27H,12-14H2. The third-order valence-corrected chi connectivity index (χ3v) is 4.89. The minimum Gasteiger partial charge on any atom is -0.387 e. The molecule has 0 radical (unpaired) electrons. The van der Waals surface area contributed by atoms with Crippen molar-refractivity contribution < 1.29 is 13.9 Å². The Kier molecular flexibility index (Phi) is 4.76. The molecule has 27 heavy (non-hydrogen) atoms. The number of alkyl halides is 2. The van der Waals surface area contributed by atoms with Crippen molar-refractivity contribution in [1.82, 2.24) is 15.1 Å². The van der Waals surface area contributed by atoms with Gasteiger partial charge in [-0.1, -0.05) is 54.6 Å². The first kappa shape index (κ1) is 17.8. The number of aliphatic hydroxyl groups is 1. The van der Waals surface area contributed by atoms with Gasteiger partial charge in [0.25, 0.3) is 5.92 Å². The Bertz CT molecular complexity index is 893. The van der Waals surface area contributed by atoms with Crippen LogP contribution in [-0.4, -0.2) is 27.4 Å². The van der Waals surface area contributed by atoms with E-state index in [2.05, 4.69) is 10.4 Å². The molecule has 0 aliphatic heterocycles. The second kappa shape index (κ2) is 7.21. The fraction of sp³-hybridized carbons (Fsp3) is 0.286. The van der Waals surface area contributed by atoms with Crippen molar-refractivity contribution in [2.75, 3.05) is 6.54 Å². The van der Waals surface area contributed by atoms with Crippen LogP contribution in [0.15, 0.2) is 66.9 Å². The fourth-order valence-corrected chi connectivity index (χ4v) is 3.21. The highest BCUT2D eigenvalue weighted by Crippen LogP contribution is 2.52. The average Bonchev–Trinajstić information content (AvgIpc) is 3.10. The third kappa shape index (κ3) is 3.91. The molecular formula is C21H21F2N3O. The van der Waals surface area contributed by atoms with Gasteiger partial charge < -0.3 is 10.4 Å². The van der Waals surface area contributed by atoms with E-state index in [9.17, 15) is 13.9 Å². The van der Waals surface area contributed by atoms with Crippen molar-refractivity contribution in [2.24, 2.45) is 0 Å². The quantitative estimate of drug-likeness (QED) is 0.663. The van der Waals surface area contributed by atoms with Crippen LogP contribution in [0.3, 0.4) is 0 Å². The lowest BCUT2D eigenvalue weighted by molar-refractivity contribution is 0.0975. The van der Waals surface area contributed by atoms with E-state index in [0.717, 1.165) is 16.7 Å². The van der Waals surface area contributed by atoms with E-state index in [0.29, 0.717) is 18.8 Å². The molecule has 3 aromatic rings. The monoisotopic (exact) mass is 369 g/mol. The number of hydrogen-bond donors (Lipinski definition) is 2. The molecule has 0 amide bonds. The molecule has 4 rings (SSSR count). The van der Waals surface area contributed by atoms with Crippen LogP contribution < -0.4 is 5.32 Å². The Morgan fingerprint density at radius 2 is 1.74 bits per heavy atom.